The molecule has 3 nitrogen and oxygen atoms in total. The third kappa shape index (κ3) is 2.58. The van der Waals surface area contributed by atoms with E-state index in [1.807, 2.05) is 36.4 Å². The van der Waals surface area contributed by atoms with Gasteiger partial charge >= 0.3 is 0 Å². The van der Waals surface area contributed by atoms with Crippen molar-refractivity contribution in [3.63, 3.8) is 0 Å². The van der Waals surface area contributed by atoms with Crippen LogP contribution in [-0.2, 0) is 17.6 Å². The Morgan fingerprint density at radius 3 is 2.60 bits per heavy atom. The Labute approximate surface area is 118 Å². The molecule has 3 rings (SSSR count). The van der Waals surface area contributed by atoms with Crippen molar-refractivity contribution in [2.24, 2.45) is 5.73 Å². The van der Waals surface area contributed by atoms with Crippen LogP contribution in [0.4, 0.5) is 5.69 Å². The zero-order valence-corrected chi connectivity index (χ0v) is 11.3. The third-order valence-electron chi connectivity index (χ3n) is 3.81. The van der Waals surface area contributed by atoms with Crippen molar-refractivity contribution in [3.05, 3.63) is 65.2 Å². The van der Waals surface area contributed by atoms with Gasteiger partial charge in [0, 0.05) is 5.69 Å². The summed E-state index contributed by atoms with van der Waals surface area (Å²) in [5, 5.41) is 2.91. The van der Waals surface area contributed by atoms with Gasteiger partial charge < -0.3 is 11.1 Å². The van der Waals surface area contributed by atoms with Crippen LogP contribution in [0.2, 0.25) is 0 Å². The molecule has 102 valence electrons. The summed E-state index contributed by atoms with van der Waals surface area (Å²) in [6.07, 6.45) is 3.45. The maximum atomic E-state index is 12.2. The average molecular weight is 266 g/mol. The Morgan fingerprint density at radius 1 is 1.05 bits per heavy atom. The quantitative estimate of drug-likeness (QED) is 0.897. The fraction of sp³-hybridized carbons (Fsp3) is 0.235. The number of amides is 1. The van der Waals surface area contributed by atoms with E-state index in [1.165, 1.54) is 17.5 Å². The minimum absolute atomic E-state index is 0.172. The van der Waals surface area contributed by atoms with Crippen LogP contribution in [-0.4, -0.2) is 5.91 Å². The maximum absolute atomic E-state index is 12.2. The van der Waals surface area contributed by atoms with Crippen molar-refractivity contribution < 1.29 is 4.79 Å². The summed E-state index contributed by atoms with van der Waals surface area (Å²) in [5.74, 6) is -0.172. The van der Waals surface area contributed by atoms with E-state index in [-0.39, 0.29) is 5.91 Å². The van der Waals surface area contributed by atoms with Crippen LogP contribution in [0, 0.1) is 0 Å². The zero-order valence-electron chi connectivity index (χ0n) is 11.3. The van der Waals surface area contributed by atoms with Crippen LogP contribution >= 0.6 is 0 Å². The van der Waals surface area contributed by atoms with E-state index in [4.69, 9.17) is 5.73 Å². The molecule has 0 aliphatic heterocycles. The third-order valence-corrected chi connectivity index (χ3v) is 3.81. The van der Waals surface area contributed by atoms with Gasteiger partial charge in [-0.05, 0) is 48.1 Å². The molecule has 3 N–H and O–H groups in total. The van der Waals surface area contributed by atoms with Gasteiger partial charge in [0.15, 0.2) is 0 Å². The molecular formula is C17H18N2O. The highest BCUT2D eigenvalue weighted by atomic mass is 16.2. The van der Waals surface area contributed by atoms with Gasteiger partial charge in [-0.2, -0.15) is 0 Å². The van der Waals surface area contributed by atoms with Crippen LogP contribution < -0.4 is 11.1 Å². The molecule has 0 saturated carbocycles. The SMILES string of the molecule is N[C@H](C(=O)Nc1ccc2c(c1)CCC2)c1ccccc1. The summed E-state index contributed by atoms with van der Waals surface area (Å²) >= 11 is 0. The Balaban J connectivity index is 1.73. The van der Waals surface area contributed by atoms with Gasteiger partial charge in [-0.3, -0.25) is 4.79 Å². The number of aryl methyl sites for hydroxylation is 2. The molecule has 2 aromatic rings. The predicted molar refractivity (Wildman–Crippen MR) is 80.5 cm³/mol. The Hall–Kier alpha value is -2.13. The number of hydrogen-bond donors (Lipinski definition) is 2. The fourth-order valence-corrected chi connectivity index (χ4v) is 2.68. The topological polar surface area (TPSA) is 55.1 Å². The first kappa shape index (κ1) is 12.9. The molecule has 1 amide bonds. The summed E-state index contributed by atoms with van der Waals surface area (Å²) in [5.41, 5.74) is 10.4. The number of anilines is 1. The van der Waals surface area contributed by atoms with E-state index < -0.39 is 6.04 Å². The number of hydrogen-bond acceptors (Lipinski definition) is 2. The number of carbonyl (C=O) groups is 1. The molecule has 3 heteroatoms. The minimum Gasteiger partial charge on any atom is -0.324 e. The second kappa shape index (κ2) is 5.47. The molecule has 1 atom stereocenters. The largest absolute Gasteiger partial charge is 0.324 e. The summed E-state index contributed by atoms with van der Waals surface area (Å²) in [7, 11) is 0. The Kier molecular flexibility index (Phi) is 3.52. The van der Waals surface area contributed by atoms with Crippen molar-refractivity contribution in [1.82, 2.24) is 0 Å². The van der Waals surface area contributed by atoms with Crippen LogP contribution in [0.25, 0.3) is 0 Å². The summed E-state index contributed by atoms with van der Waals surface area (Å²) < 4.78 is 0. The number of fused-ring (bicyclic) bond motifs is 1. The standard InChI is InChI=1S/C17H18N2O/c18-16(13-5-2-1-3-6-13)17(20)19-15-10-9-12-7-4-8-14(12)11-15/h1-3,5-6,9-11,16H,4,7-8,18H2,(H,19,20)/t16-/m0/s1. The van der Waals surface area contributed by atoms with E-state index in [1.54, 1.807) is 0 Å². The lowest BCUT2D eigenvalue weighted by molar-refractivity contribution is -0.117. The summed E-state index contributed by atoms with van der Waals surface area (Å²) in [6, 6.07) is 14.9. The number of nitrogens with one attached hydrogen (secondary N) is 1. The molecule has 20 heavy (non-hydrogen) atoms. The molecule has 0 bridgehead atoms. The van der Waals surface area contributed by atoms with Crippen LogP contribution in [0.3, 0.4) is 0 Å². The van der Waals surface area contributed by atoms with Crippen molar-refractivity contribution in [2.45, 2.75) is 25.3 Å². The van der Waals surface area contributed by atoms with Gasteiger partial charge in [0.25, 0.3) is 0 Å². The number of carbonyl (C=O) groups excluding carboxylic acids is 1. The molecule has 0 saturated heterocycles. The van der Waals surface area contributed by atoms with Crippen molar-refractivity contribution in [2.75, 3.05) is 5.32 Å². The van der Waals surface area contributed by atoms with Crippen LogP contribution in [0.15, 0.2) is 48.5 Å². The lowest BCUT2D eigenvalue weighted by Crippen LogP contribution is -2.27. The van der Waals surface area contributed by atoms with Crippen molar-refractivity contribution >= 4 is 11.6 Å². The highest BCUT2D eigenvalue weighted by Crippen LogP contribution is 2.25. The Morgan fingerprint density at radius 2 is 1.80 bits per heavy atom. The highest BCUT2D eigenvalue weighted by Gasteiger charge is 2.17. The van der Waals surface area contributed by atoms with E-state index in [0.717, 1.165) is 24.1 Å². The number of benzene rings is 2. The van der Waals surface area contributed by atoms with Gasteiger partial charge in [0.1, 0.15) is 6.04 Å². The average Bonchev–Trinajstić information content (AvgIpc) is 2.95. The molecule has 0 radical (unpaired) electrons. The van der Waals surface area contributed by atoms with E-state index >= 15 is 0 Å². The minimum atomic E-state index is -0.635. The molecule has 0 unspecified atom stereocenters. The van der Waals surface area contributed by atoms with E-state index in [0.29, 0.717) is 0 Å². The highest BCUT2D eigenvalue weighted by molar-refractivity contribution is 5.95. The molecule has 0 heterocycles. The fourth-order valence-electron chi connectivity index (χ4n) is 2.68. The zero-order chi connectivity index (χ0) is 13.9. The summed E-state index contributed by atoms with van der Waals surface area (Å²) in [6.45, 7) is 0. The predicted octanol–water partition coefficient (Wildman–Crippen LogP) is 2.81. The van der Waals surface area contributed by atoms with Gasteiger partial charge in [-0.25, -0.2) is 0 Å². The first-order valence-corrected chi connectivity index (χ1v) is 6.97. The normalized spacial score (nSPS) is 14.7. The molecular weight excluding hydrogens is 248 g/mol. The smallest absolute Gasteiger partial charge is 0.245 e. The van der Waals surface area contributed by atoms with Crippen LogP contribution in [0.1, 0.15) is 29.2 Å². The lowest BCUT2D eigenvalue weighted by atomic mass is 10.1. The van der Waals surface area contributed by atoms with Gasteiger partial charge in [0.2, 0.25) is 5.91 Å². The van der Waals surface area contributed by atoms with Crippen molar-refractivity contribution in [3.8, 4) is 0 Å². The second-order valence-corrected chi connectivity index (χ2v) is 5.21. The molecule has 0 aromatic heterocycles. The van der Waals surface area contributed by atoms with Gasteiger partial charge in [-0.15, -0.1) is 0 Å². The van der Waals surface area contributed by atoms with Crippen LogP contribution in [0.5, 0.6) is 0 Å². The van der Waals surface area contributed by atoms with Gasteiger partial charge in [0.05, 0.1) is 0 Å². The molecule has 0 spiro atoms. The maximum Gasteiger partial charge on any atom is 0.245 e. The second-order valence-electron chi connectivity index (χ2n) is 5.21. The van der Waals surface area contributed by atoms with E-state index in [2.05, 4.69) is 17.4 Å². The Bertz CT molecular complexity index is 622. The first-order chi connectivity index (χ1) is 9.74. The molecule has 1 aliphatic carbocycles. The van der Waals surface area contributed by atoms with Crippen molar-refractivity contribution in [1.29, 1.82) is 0 Å². The van der Waals surface area contributed by atoms with E-state index in [9.17, 15) is 4.79 Å². The molecule has 1 aliphatic rings. The monoisotopic (exact) mass is 266 g/mol. The summed E-state index contributed by atoms with van der Waals surface area (Å²) in [4.78, 5) is 12.2. The molecule has 0 fully saturated rings. The molecule has 2 aromatic carbocycles. The van der Waals surface area contributed by atoms with Gasteiger partial charge in [-0.1, -0.05) is 36.4 Å². The number of nitrogens with two attached hydrogens (primary N) is 1. The lowest BCUT2D eigenvalue weighted by Gasteiger charge is -2.13. The number of rotatable bonds is 3. The first-order valence-electron chi connectivity index (χ1n) is 6.97.